The van der Waals surface area contributed by atoms with Gasteiger partial charge in [0.15, 0.2) is 5.78 Å². The average Bonchev–Trinajstić information content (AvgIpc) is 2.98. The van der Waals surface area contributed by atoms with Crippen molar-refractivity contribution in [1.29, 1.82) is 0 Å². The molecule has 0 N–H and O–H groups in total. The zero-order valence-electron chi connectivity index (χ0n) is 11.5. The fourth-order valence-corrected chi connectivity index (χ4v) is 3.52. The molecular weight excluding hydrogens is 244 g/mol. The summed E-state index contributed by atoms with van der Waals surface area (Å²) in [4.78, 5) is 12.3. The highest BCUT2D eigenvalue weighted by Gasteiger charge is 2.36. The Morgan fingerprint density at radius 1 is 1.67 bits per heavy atom. The summed E-state index contributed by atoms with van der Waals surface area (Å²) in [7, 11) is 0. The maximum absolute atomic E-state index is 12.3. The molecule has 100 valence electrons. The first-order valence-electron chi connectivity index (χ1n) is 6.76. The molecule has 0 saturated carbocycles. The van der Waals surface area contributed by atoms with Crippen LogP contribution in [0, 0.1) is 0 Å². The molecule has 2 heterocycles. The normalized spacial score (nSPS) is 25.3. The number of hydrogen-bond donors (Lipinski definition) is 0. The fourth-order valence-electron chi connectivity index (χ4n) is 2.25. The van der Waals surface area contributed by atoms with E-state index < -0.39 is 0 Å². The summed E-state index contributed by atoms with van der Waals surface area (Å²) in [6.45, 7) is 6.37. The Bertz CT molecular complexity index is 421. The van der Waals surface area contributed by atoms with Crippen LogP contribution < -0.4 is 0 Å². The van der Waals surface area contributed by atoms with Crippen molar-refractivity contribution >= 4 is 17.5 Å². The van der Waals surface area contributed by atoms with Crippen LogP contribution in [0.5, 0.6) is 0 Å². The second-order valence-corrected chi connectivity index (χ2v) is 6.93. The van der Waals surface area contributed by atoms with Gasteiger partial charge in [0.25, 0.3) is 0 Å². The first-order valence-corrected chi connectivity index (χ1v) is 7.75. The maximum Gasteiger partial charge on any atom is 0.154 e. The Balaban J connectivity index is 2.01. The molecule has 0 aromatic carbocycles. The standard InChI is InChI=1S/C14H22N2OS/c1-4-11(2)16-8-6-12(15-16)10-13(17)14(3)7-5-9-18-14/h6,8,11H,4-5,7,9-10H2,1-3H3. The number of rotatable bonds is 5. The van der Waals surface area contributed by atoms with Gasteiger partial charge < -0.3 is 0 Å². The molecule has 0 bridgehead atoms. The first kappa shape index (κ1) is 13.7. The van der Waals surface area contributed by atoms with Gasteiger partial charge in [0.1, 0.15) is 0 Å². The Morgan fingerprint density at radius 3 is 3.06 bits per heavy atom. The van der Waals surface area contributed by atoms with E-state index in [1.807, 2.05) is 16.9 Å². The van der Waals surface area contributed by atoms with Crippen molar-refractivity contribution in [3.05, 3.63) is 18.0 Å². The predicted octanol–water partition coefficient (Wildman–Crippen LogP) is 3.25. The molecule has 18 heavy (non-hydrogen) atoms. The van der Waals surface area contributed by atoms with Crippen molar-refractivity contribution in [2.24, 2.45) is 0 Å². The van der Waals surface area contributed by atoms with Gasteiger partial charge in [-0.1, -0.05) is 6.92 Å². The quantitative estimate of drug-likeness (QED) is 0.820. The van der Waals surface area contributed by atoms with Gasteiger partial charge in [-0.05, 0) is 44.9 Å². The van der Waals surface area contributed by atoms with E-state index >= 15 is 0 Å². The van der Waals surface area contributed by atoms with E-state index in [0.29, 0.717) is 18.2 Å². The molecule has 1 fully saturated rings. The number of thioether (sulfide) groups is 1. The molecule has 2 rings (SSSR count). The number of aromatic nitrogens is 2. The van der Waals surface area contributed by atoms with E-state index in [0.717, 1.165) is 30.7 Å². The summed E-state index contributed by atoms with van der Waals surface area (Å²) in [6.07, 6.45) is 5.70. The third-order valence-corrected chi connectivity index (χ3v) is 5.42. The van der Waals surface area contributed by atoms with Crippen LogP contribution in [0.1, 0.15) is 51.8 Å². The summed E-state index contributed by atoms with van der Waals surface area (Å²) in [6, 6.07) is 2.39. The summed E-state index contributed by atoms with van der Waals surface area (Å²) in [5.74, 6) is 1.45. The van der Waals surface area contributed by atoms with Crippen LogP contribution in [0.25, 0.3) is 0 Å². The van der Waals surface area contributed by atoms with Crippen LogP contribution >= 0.6 is 11.8 Å². The fraction of sp³-hybridized carbons (Fsp3) is 0.714. The molecule has 3 nitrogen and oxygen atoms in total. The van der Waals surface area contributed by atoms with Gasteiger partial charge in [0, 0.05) is 12.2 Å². The van der Waals surface area contributed by atoms with Crippen molar-refractivity contribution in [2.75, 3.05) is 5.75 Å². The van der Waals surface area contributed by atoms with Gasteiger partial charge in [0.2, 0.25) is 0 Å². The number of Topliss-reactive ketones (excluding diaryl/α,β-unsaturated/α-hetero) is 1. The second kappa shape index (κ2) is 5.47. The lowest BCUT2D eigenvalue weighted by Crippen LogP contribution is -2.30. The zero-order valence-corrected chi connectivity index (χ0v) is 12.3. The minimum Gasteiger partial charge on any atom is -0.298 e. The molecule has 1 aliphatic heterocycles. The van der Waals surface area contributed by atoms with Gasteiger partial charge >= 0.3 is 0 Å². The molecule has 1 aromatic heterocycles. The molecule has 1 saturated heterocycles. The smallest absolute Gasteiger partial charge is 0.154 e. The molecule has 1 aliphatic rings. The number of hydrogen-bond acceptors (Lipinski definition) is 3. The van der Waals surface area contributed by atoms with Gasteiger partial charge in [-0.25, -0.2) is 0 Å². The molecule has 2 unspecified atom stereocenters. The van der Waals surface area contributed by atoms with E-state index in [9.17, 15) is 4.79 Å². The number of carbonyl (C=O) groups excluding carboxylic acids is 1. The topological polar surface area (TPSA) is 34.9 Å². The summed E-state index contributed by atoms with van der Waals surface area (Å²) < 4.78 is 1.80. The van der Waals surface area contributed by atoms with Crippen molar-refractivity contribution in [3.63, 3.8) is 0 Å². The molecule has 0 aliphatic carbocycles. The first-order chi connectivity index (χ1) is 8.55. The van der Waals surface area contributed by atoms with Crippen LogP contribution in [0.2, 0.25) is 0 Å². The predicted molar refractivity (Wildman–Crippen MR) is 76.0 cm³/mol. The number of ketones is 1. The number of nitrogens with zero attached hydrogens (tertiary/aromatic N) is 2. The summed E-state index contributed by atoms with van der Waals surface area (Å²) in [5.41, 5.74) is 0.911. The lowest BCUT2D eigenvalue weighted by Gasteiger charge is -2.20. The molecule has 4 heteroatoms. The third kappa shape index (κ3) is 2.79. The Labute approximate surface area is 113 Å². The number of carbonyl (C=O) groups is 1. The lowest BCUT2D eigenvalue weighted by atomic mass is 9.97. The van der Waals surface area contributed by atoms with E-state index in [4.69, 9.17) is 0 Å². The van der Waals surface area contributed by atoms with Gasteiger partial charge in [-0.15, -0.1) is 11.8 Å². The minimum atomic E-state index is -0.167. The van der Waals surface area contributed by atoms with Gasteiger partial charge in [-0.2, -0.15) is 5.10 Å². The second-order valence-electron chi connectivity index (χ2n) is 5.33. The highest BCUT2D eigenvalue weighted by atomic mass is 32.2. The minimum absolute atomic E-state index is 0.167. The molecule has 1 aromatic rings. The van der Waals surface area contributed by atoms with E-state index in [2.05, 4.69) is 25.9 Å². The largest absolute Gasteiger partial charge is 0.298 e. The molecule has 0 spiro atoms. The summed E-state index contributed by atoms with van der Waals surface area (Å²) in [5, 5.41) is 4.51. The molecular formula is C14H22N2OS. The lowest BCUT2D eigenvalue weighted by molar-refractivity contribution is -0.120. The highest BCUT2D eigenvalue weighted by molar-refractivity contribution is 8.01. The summed E-state index contributed by atoms with van der Waals surface area (Å²) >= 11 is 1.81. The van der Waals surface area contributed by atoms with Crippen LogP contribution in [0.3, 0.4) is 0 Å². The SMILES string of the molecule is CCC(C)n1ccc(CC(=O)C2(C)CCCS2)n1. The Hall–Kier alpha value is -0.770. The van der Waals surface area contributed by atoms with E-state index in [1.54, 1.807) is 11.8 Å². The zero-order chi connectivity index (χ0) is 13.2. The Morgan fingerprint density at radius 2 is 2.44 bits per heavy atom. The van der Waals surface area contributed by atoms with Gasteiger partial charge in [0.05, 0.1) is 16.9 Å². The Kier molecular flexibility index (Phi) is 4.15. The van der Waals surface area contributed by atoms with Crippen LogP contribution in [0.15, 0.2) is 12.3 Å². The van der Waals surface area contributed by atoms with Crippen molar-refractivity contribution in [1.82, 2.24) is 9.78 Å². The van der Waals surface area contributed by atoms with Crippen molar-refractivity contribution in [3.8, 4) is 0 Å². The maximum atomic E-state index is 12.3. The molecule has 0 amide bonds. The van der Waals surface area contributed by atoms with Crippen LogP contribution in [0.4, 0.5) is 0 Å². The van der Waals surface area contributed by atoms with Crippen molar-refractivity contribution < 1.29 is 4.79 Å². The average molecular weight is 266 g/mol. The monoisotopic (exact) mass is 266 g/mol. The van der Waals surface area contributed by atoms with E-state index in [1.165, 1.54) is 0 Å². The highest BCUT2D eigenvalue weighted by Crippen LogP contribution is 2.39. The molecule has 0 radical (unpaired) electrons. The third-order valence-electron chi connectivity index (χ3n) is 3.86. The molecule has 2 atom stereocenters. The van der Waals surface area contributed by atoms with Gasteiger partial charge in [-0.3, -0.25) is 9.48 Å². The van der Waals surface area contributed by atoms with Crippen LogP contribution in [-0.2, 0) is 11.2 Å². The van der Waals surface area contributed by atoms with E-state index in [-0.39, 0.29) is 4.75 Å². The van der Waals surface area contributed by atoms with Crippen LogP contribution in [-0.4, -0.2) is 26.1 Å². The van der Waals surface area contributed by atoms with Crippen molar-refractivity contribution in [2.45, 2.75) is 57.2 Å².